The molecule has 0 fully saturated rings. The van der Waals surface area contributed by atoms with Crippen molar-refractivity contribution < 1.29 is 14.3 Å². The maximum atomic E-state index is 13.4. The van der Waals surface area contributed by atoms with Gasteiger partial charge in [-0.2, -0.15) is 5.10 Å². The molecule has 0 bridgehead atoms. The van der Waals surface area contributed by atoms with Crippen molar-refractivity contribution in [3.8, 4) is 0 Å². The van der Waals surface area contributed by atoms with E-state index in [0.717, 1.165) is 5.69 Å². The Hall–Kier alpha value is -1.91. The zero-order valence-corrected chi connectivity index (χ0v) is 8.77. The molecular formula is C11H11FN2O2. The van der Waals surface area contributed by atoms with Crippen LogP contribution in [-0.4, -0.2) is 20.9 Å². The van der Waals surface area contributed by atoms with Crippen LogP contribution in [0.3, 0.4) is 0 Å². The number of halogens is 1. The molecule has 0 aliphatic heterocycles. The lowest BCUT2D eigenvalue weighted by atomic mass is 10.1. The summed E-state index contributed by atoms with van der Waals surface area (Å²) in [6.07, 6.45) is 0.372. The maximum absolute atomic E-state index is 13.4. The predicted octanol–water partition coefficient (Wildman–Crippen LogP) is 1.73. The summed E-state index contributed by atoms with van der Waals surface area (Å²) in [7, 11) is 1.69. The minimum Gasteiger partial charge on any atom is -0.481 e. The molecule has 0 amide bonds. The van der Waals surface area contributed by atoms with Crippen LogP contribution in [0.1, 0.15) is 12.1 Å². The third-order valence-electron chi connectivity index (χ3n) is 2.51. The Kier molecular flexibility index (Phi) is 2.60. The van der Waals surface area contributed by atoms with Gasteiger partial charge >= 0.3 is 5.97 Å². The van der Waals surface area contributed by atoms with Crippen LogP contribution in [0.4, 0.5) is 4.39 Å². The number of benzene rings is 1. The number of aliphatic carboxylic acids is 1. The van der Waals surface area contributed by atoms with Gasteiger partial charge in [-0.1, -0.05) is 12.1 Å². The number of aromatic nitrogens is 2. The molecule has 0 radical (unpaired) electrons. The highest BCUT2D eigenvalue weighted by molar-refractivity contribution is 5.82. The summed E-state index contributed by atoms with van der Waals surface area (Å²) in [5.41, 5.74) is 1.04. The van der Waals surface area contributed by atoms with E-state index in [1.807, 2.05) is 0 Å². The van der Waals surface area contributed by atoms with Crippen LogP contribution in [0, 0.1) is 5.82 Å². The van der Waals surface area contributed by atoms with Crippen molar-refractivity contribution in [3.63, 3.8) is 0 Å². The van der Waals surface area contributed by atoms with Crippen LogP contribution in [0.5, 0.6) is 0 Å². The first-order valence-electron chi connectivity index (χ1n) is 4.91. The van der Waals surface area contributed by atoms with E-state index in [9.17, 15) is 9.18 Å². The van der Waals surface area contributed by atoms with E-state index in [-0.39, 0.29) is 12.2 Å². The summed E-state index contributed by atoms with van der Waals surface area (Å²) in [5, 5.41) is 13.3. The standard InChI is InChI=1S/C11H11FN2O2/c1-14-9(5-6-10(15)16)7-3-2-4-8(12)11(7)13-14/h2-4H,5-6H2,1H3,(H,15,16). The van der Waals surface area contributed by atoms with E-state index in [1.165, 1.54) is 10.7 Å². The Balaban J connectivity index is 2.48. The number of rotatable bonds is 3. The quantitative estimate of drug-likeness (QED) is 0.860. The molecule has 0 aliphatic carbocycles. The smallest absolute Gasteiger partial charge is 0.303 e. The van der Waals surface area contributed by atoms with E-state index in [4.69, 9.17) is 5.11 Å². The third-order valence-corrected chi connectivity index (χ3v) is 2.51. The van der Waals surface area contributed by atoms with Gasteiger partial charge in [0.25, 0.3) is 0 Å². The Morgan fingerprint density at radius 2 is 2.31 bits per heavy atom. The normalized spacial score (nSPS) is 10.9. The van der Waals surface area contributed by atoms with Gasteiger partial charge in [0.15, 0.2) is 5.82 Å². The molecule has 0 atom stereocenters. The number of carboxylic acid groups (broad SMARTS) is 1. The molecule has 5 heteroatoms. The minimum absolute atomic E-state index is 0.0190. The lowest BCUT2D eigenvalue weighted by Gasteiger charge is -1.99. The summed E-state index contributed by atoms with van der Waals surface area (Å²) in [4.78, 5) is 10.5. The zero-order chi connectivity index (χ0) is 11.7. The van der Waals surface area contributed by atoms with Crippen molar-refractivity contribution in [3.05, 3.63) is 29.7 Å². The first kappa shape index (κ1) is 10.6. The van der Waals surface area contributed by atoms with Gasteiger partial charge in [0.05, 0.1) is 6.42 Å². The molecule has 16 heavy (non-hydrogen) atoms. The van der Waals surface area contributed by atoms with Gasteiger partial charge in [0.2, 0.25) is 0 Å². The van der Waals surface area contributed by atoms with Crippen LogP contribution in [0.25, 0.3) is 10.9 Å². The molecule has 1 heterocycles. The van der Waals surface area contributed by atoms with E-state index < -0.39 is 5.97 Å². The lowest BCUT2D eigenvalue weighted by Crippen LogP contribution is -2.03. The molecule has 84 valence electrons. The summed E-state index contributed by atoms with van der Waals surface area (Å²) in [6.45, 7) is 0. The van der Waals surface area contributed by atoms with Gasteiger partial charge in [-0.05, 0) is 6.07 Å². The van der Waals surface area contributed by atoms with Crippen molar-refractivity contribution in [2.45, 2.75) is 12.8 Å². The molecule has 0 saturated carbocycles. The van der Waals surface area contributed by atoms with Gasteiger partial charge in [-0.15, -0.1) is 0 Å². The van der Waals surface area contributed by atoms with Crippen LogP contribution < -0.4 is 0 Å². The van der Waals surface area contributed by atoms with Crippen molar-refractivity contribution in [1.82, 2.24) is 9.78 Å². The first-order chi connectivity index (χ1) is 7.59. The summed E-state index contributed by atoms with van der Waals surface area (Å²) in [6, 6.07) is 4.70. The number of carboxylic acids is 1. The van der Waals surface area contributed by atoms with Crippen molar-refractivity contribution in [1.29, 1.82) is 0 Å². The fourth-order valence-corrected chi connectivity index (χ4v) is 1.76. The molecule has 2 aromatic rings. The zero-order valence-electron chi connectivity index (χ0n) is 8.77. The monoisotopic (exact) mass is 222 g/mol. The number of carbonyl (C=O) groups is 1. The largest absolute Gasteiger partial charge is 0.481 e. The second kappa shape index (κ2) is 3.92. The predicted molar refractivity (Wildman–Crippen MR) is 56.6 cm³/mol. The highest BCUT2D eigenvalue weighted by Crippen LogP contribution is 2.21. The van der Waals surface area contributed by atoms with Gasteiger partial charge in [-0.3, -0.25) is 9.48 Å². The van der Waals surface area contributed by atoms with Crippen molar-refractivity contribution in [2.24, 2.45) is 7.05 Å². The summed E-state index contributed by atoms with van der Waals surface area (Å²) < 4.78 is 14.9. The van der Waals surface area contributed by atoms with Crippen LogP contribution in [0.15, 0.2) is 18.2 Å². The Labute approximate surface area is 91.3 Å². The van der Waals surface area contributed by atoms with Crippen molar-refractivity contribution >= 4 is 16.9 Å². The van der Waals surface area contributed by atoms with E-state index in [2.05, 4.69) is 5.10 Å². The third kappa shape index (κ3) is 1.76. The average molecular weight is 222 g/mol. The summed E-state index contributed by atoms with van der Waals surface area (Å²) >= 11 is 0. The Bertz CT molecular complexity index is 548. The number of aryl methyl sites for hydroxylation is 2. The molecule has 0 spiro atoms. The number of hydrogen-bond donors (Lipinski definition) is 1. The first-order valence-corrected chi connectivity index (χ1v) is 4.91. The fourth-order valence-electron chi connectivity index (χ4n) is 1.76. The number of fused-ring (bicyclic) bond motifs is 1. The van der Waals surface area contributed by atoms with E-state index in [0.29, 0.717) is 17.3 Å². The highest BCUT2D eigenvalue weighted by Gasteiger charge is 2.12. The van der Waals surface area contributed by atoms with Gasteiger partial charge < -0.3 is 5.11 Å². The van der Waals surface area contributed by atoms with Gasteiger partial charge in [0, 0.05) is 24.5 Å². The van der Waals surface area contributed by atoms with Crippen LogP contribution in [-0.2, 0) is 18.3 Å². The average Bonchev–Trinajstić information content (AvgIpc) is 2.53. The number of nitrogens with zero attached hydrogens (tertiary/aromatic N) is 2. The molecule has 1 aromatic carbocycles. The second-order valence-corrected chi connectivity index (χ2v) is 3.60. The number of hydrogen-bond acceptors (Lipinski definition) is 2. The summed E-state index contributed by atoms with van der Waals surface area (Å²) in [5.74, 6) is -1.25. The second-order valence-electron chi connectivity index (χ2n) is 3.60. The van der Waals surface area contributed by atoms with E-state index >= 15 is 0 Å². The molecule has 0 unspecified atom stereocenters. The lowest BCUT2D eigenvalue weighted by molar-refractivity contribution is -0.136. The fraction of sp³-hybridized carbons (Fsp3) is 0.273. The van der Waals surface area contributed by atoms with E-state index in [1.54, 1.807) is 19.2 Å². The van der Waals surface area contributed by atoms with Crippen LogP contribution in [0.2, 0.25) is 0 Å². The Morgan fingerprint density at radius 1 is 1.56 bits per heavy atom. The molecule has 2 rings (SSSR count). The molecule has 0 saturated heterocycles. The molecule has 0 aliphatic rings. The molecular weight excluding hydrogens is 211 g/mol. The molecule has 1 aromatic heterocycles. The SMILES string of the molecule is Cn1nc2c(F)cccc2c1CCC(=O)O. The molecule has 4 nitrogen and oxygen atoms in total. The highest BCUT2D eigenvalue weighted by atomic mass is 19.1. The van der Waals surface area contributed by atoms with Gasteiger partial charge in [-0.25, -0.2) is 4.39 Å². The minimum atomic E-state index is -0.870. The molecule has 1 N–H and O–H groups in total. The Morgan fingerprint density at radius 3 is 3.00 bits per heavy atom. The maximum Gasteiger partial charge on any atom is 0.303 e. The van der Waals surface area contributed by atoms with Crippen LogP contribution >= 0.6 is 0 Å². The van der Waals surface area contributed by atoms with Crippen molar-refractivity contribution in [2.75, 3.05) is 0 Å². The van der Waals surface area contributed by atoms with Gasteiger partial charge in [0.1, 0.15) is 5.52 Å². The topological polar surface area (TPSA) is 55.1 Å².